The Morgan fingerprint density at radius 3 is 2.34 bits per heavy atom. The van der Waals surface area contributed by atoms with Crippen LogP contribution < -0.4 is 10.6 Å². The van der Waals surface area contributed by atoms with Crippen molar-refractivity contribution in [3.63, 3.8) is 0 Å². The molecule has 8 heteroatoms. The largest absolute Gasteiger partial charge is 0.354 e. The Morgan fingerprint density at radius 1 is 0.931 bits per heavy atom. The molecule has 1 saturated carbocycles. The van der Waals surface area contributed by atoms with Crippen molar-refractivity contribution in [3.05, 3.63) is 33.8 Å². The van der Waals surface area contributed by atoms with Crippen LogP contribution in [0.5, 0.6) is 0 Å². The summed E-state index contributed by atoms with van der Waals surface area (Å²) in [6, 6.07) is 4.19. The molecule has 1 saturated heterocycles. The van der Waals surface area contributed by atoms with E-state index in [2.05, 4.69) is 10.6 Å². The fourth-order valence-corrected chi connectivity index (χ4v) is 4.47. The van der Waals surface area contributed by atoms with Gasteiger partial charge in [0.15, 0.2) is 0 Å². The van der Waals surface area contributed by atoms with Crippen LogP contribution in [0, 0.1) is 5.92 Å². The van der Waals surface area contributed by atoms with Crippen molar-refractivity contribution in [2.24, 2.45) is 5.92 Å². The second-order valence-electron chi connectivity index (χ2n) is 7.70. The number of amides is 3. The summed E-state index contributed by atoms with van der Waals surface area (Å²) in [7, 11) is 0. The molecule has 0 aromatic heterocycles. The normalized spacial score (nSPS) is 19.8. The molecule has 2 N–H and O–H groups in total. The molecule has 2 fully saturated rings. The van der Waals surface area contributed by atoms with Gasteiger partial charge in [-0.1, -0.05) is 42.5 Å². The van der Waals surface area contributed by atoms with Crippen LogP contribution in [0.4, 0.5) is 0 Å². The highest BCUT2D eigenvalue weighted by atomic mass is 35.5. The minimum Gasteiger partial charge on any atom is -0.354 e. The highest BCUT2D eigenvalue weighted by Gasteiger charge is 2.35. The summed E-state index contributed by atoms with van der Waals surface area (Å²) in [6.07, 6.45) is 6.67. The van der Waals surface area contributed by atoms with E-state index >= 15 is 0 Å². The smallest absolute Gasteiger partial charge is 0.256 e. The number of nitrogens with one attached hydrogen (secondary N) is 2. The van der Waals surface area contributed by atoms with Gasteiger partial charge in [-0.2, -0.15) is 0 Å². The van der Waals surface area contributed by atoms with Gasteiger partial charge in [0, 0.05) is 30.6 Å². The molecule has 1 aromatic rings. The number of halogens is 2. The zero-order valence-corrected chi connectivity index (χ0v) is 17.9. The molecule has 0 radical (unpaired) electrons. The molecule has 158 valence electrons. The summed E-state index contributed by atoms with van der Waals surface area (Å²) >= 11 is 12.1. The van der Waals surface area contributed by atoms with Crippen LogP contribution in [0.1, 0.15) is 55.3 Å². The number of carbonyl (C=O) groups is 3. The SMILES string of the molecule is O=C(NCCNC(=O)C1CCCN1C(=O)c1cc(Cl)ccc1Cl)C1CCCCC1. The van der Waals surface area contributed by atoms with Crippen LogP contribution in [0.3, 0.4) is 0 Å². The van der Waals surface area contributed by atoms with Crippen molar-refractivity contribution >= 4 is 40.9 Å². The third-order valence-corrected chi connectivity index (χ3v) is 6.24. The Labute approximate surface area is 181 Å². The minimum atomic E-state index is -0.536. The van der Waals surface area contributed by atoms with Crippen molar-refractivity contribution in [1.82, 2.24) is 15.5 Å². The minimum absolute atomic E-state index is 0.0761. The monoisotopic (exact) mass is 439 g/mol. The number of nitrogens with zero attached hydrogens (tertiary/aromatic N) is 1. The summed E-state index contributed by atoms with van der Waals surface area (Å²) in [4.78, 5) is 39.2. The Morgan fingerprint density at radius 2 is 1.62 bits per heavy atom. The first-order valence-corrected chi connectivity index (χ1v) is 11.0. The quantitative estimate of drug-likeness (QED) is 0.666. The lowest BCUT2D eigenvalue weighted by Gasteiger charge is -2.25. The van der Waals surface area contributed by atoms with Gasteiger partial charge < -0.3 is 15.5 Å². The van der Waals surface area contributed by atoms with Crippen molar-refractivity contribution < 1.29 is 14.4 Å². The molecule has 1 atom stereocenters. The maximum Gasteiger partial charge on any atom is 0.256 e. The summed E-state index contributed by atoms with van der Waals surface area (Å²) in [5.41, 5.74) is 0.304. The Bertz CT molecular complexity index is 766. The lowest BCUT2D eigenvalue weighted by molar-refractivity contribution is -0.127. The molecule has 2 aliphatic rings. The molecule has 1 heterocycles. The summed E-state index contributed by atoms with van der Waals surface area (Å²) in [5.74, 6) is -0.321. The molecular formula is C21H27Cl2N3O3. The highest BCUT2D eigenvalue weighted by Crippen LogP contribution is 2.26. The van der Waals surface area contributed by atoms with Gasteiger partial charge in [-0.3, -0.25) is 14.4 Å². The lowest BCUT2D eigenvalue weighted by Crippen LogP contribution is -2.47. The van der Waals surface area contributed by atoms with Crippen LogP contribution >= 0.6 is 23.2 Å². The number of carbonyl (C=O) groups excluding carboxylic acids is 3. The Kier molecular flexibility index (Phi) is 7.78. The topological polar surface area (TPSA) is 78.5 Å². The molecule has 1 aromatic carbocycles. The van der Waals surface area contributed by atoms with Gasteiger partial charge in [-0.25, -0.2) is 0 Å². The van der Waals surface area contributed by atoms with Crippen LogP contribution in [-0.2, 0) is 9.59 Å². The fraction of sp³-hybridized carbons (Fsp3) is 0.571. The summed E-state index contributed by atoms with van der Waals surface area (Å²) in [5, 5.41) is 6.48. The number of hydrogen-bond acceptors (Lipinski definition) is 3. The number of rotatable bonds is 6. The molecule has 6 nitrogen and oxygen atoms in total. The number of hydrogen-bond donors (Lipinski definition) is 2. The Hall–Kier alpha value is -1.79. The van der Waals surface area contributed by atoms with Crippen LogP contribution in [0.2, 0.25) is 10.0 Å². The molecule has 0 spiro atoms. The molecule has 0 bridgehead atoms. The molecule has 1 aliphatic heterocycles. The number of benzene rings is 1. The third-order valence-electron chi connectivity index (χ3n) is 5.67. The summed E-state index contributed by atoms with van der Waals surface area (Å²) < 4.78 is 0. The van der Waals surface area contributed by atoms with Gasteiger partial charge in [0.05, 0.1) is 10.6 Å². The molecule has 3 rings (SSSR count). The maximum absolute atomic E-state index is 12.9. The van der Waals surface area contributed by atoms with E-state index in [4.69, 9.17) is 23.2 Å². The third kappa shape index (κ3) is 5.64. The second kappa shape index (κ2) is 10.3. The van der Waals surface area contributed by atoms with Gasteiger partial charge in [0.2, 0.25) is 11.8 Å². The lowest BCUT2D eigenvalue weighted by atomic mass is 9.89. The maximum atomic E-state index is 12.9. The first-order chi connectivity index (χ1) is 14.0. The van der Waals surface area contributed by atoms with Gasteiger partial charge in [-0.15, -0.1) is 0 Å². The summed E-state index contributed by atoms with van der Waals surface area (Å²) in [6.45, 7) is 1.23. The Balaban J connectivity index is 1.49. The van der Waals surface area contributed by atoms with E-state index in [1.165, 1.54) is 12.5 Å². The molecule has 1 unspecified atom stereocenters. The average molecular weight is 440 g/mol. The molecule has 1 aliphatic carbocycles. The van der Waals surface area contributed by atoms with E-state index in [-0.39, 0.29) is 23.6 Å². The average Bonchev–Trinajstić information content (AvgIpc) is 3.23. The first kappa shape index (κ1) is 21.9. The predicted octanol–water partition coefficient (Wildman–Crippen LogP) is 3.41. The van der Waals surface area contributed by atoms with E-state index in [0.717, 1.165) is 32.1 Å². The molecule has 3 amide bonds. The van der Waals surface area contributed by atoms with Crippen molar-refractivity contribution in [1.29, 1.82) is 0 Å². The second-order valence-corrected chi connectivity index (χ2v) is 8.54. The standard InChI is InChI=1S/C21H27Cl2N3O3/c22-15-8-9-17(23)16(13-15)21(29)26-12-4-7-18(26)20(28)25-11-10-24-19(27)14-5-2-1-3-6-14/h8-9,13-14,18H,1-7,10-12H2,(H,24,27)(H,25,28). The zero-order valence-electron chi connectivity index (χ0n) is 16.4. The fourth-order valence-electron chi connectivity index (χ4n) is 4.10. The van der Waals surface area contributed by atoms with Gasteiger partial charge in [0.25, 0.3) is 5.91 Å². The van der Waals surface area contributed by atoms with E-state index in [1.54, 1.807) is 17.0 Å². The first-order valence-electron chi connectivity index (χ1n) is 10.3. The predicted molar refractivity (Wildman–Crippen MR) is 113 cm³/mol. The van der Waals surface area contributed by atoms with Crippen LogP contribution in [-0.4, -0.2) is 48.3 Å². The van der Waals surface area contributed by atoms with Crippen molar-refractivity contribution in [2.45, 2.75) is 51.0 Å². The van der Waals surface area contributed by atoms with Crippen LogP contribution in [0.25, 0.3) is 0 Å². The van der Waals surface area contributed by atoms with E-state index in [0.29, 0.717) is 41.7 Å². The highest BCUT2D eigenvalue weighted by molar-refractivity contribution is 6.35. The van der Waals surface area contributed by atoms with E-state index in [1.807, 2.05) is 0 Å². The number of likely N-dealkylation sites (tertiary alicyclic amines) is 1. The van der Waals surface area contributed by atoms with Crippen molar-refractivity contribution in [2.75, 3.05) is 19.6 Å². The van der Waals surface area contributed by atoms with Gasteiger partial charge >= 0.3 is 0 Å². The molecule has 29 heavy (non-hydrogen) atoms. The van der Waals surface area contributed by atoms with E-state index in [9.17, 15) is 14.4 Å². The van der Waals surface area contributed by atoms with Crippen LogP contribution in [0.15, 0.2) is 18.2 Å². The van der Waals surface area contributed by atoms with Crippen molar-refractivity contribution in [3.8, 4) is 0 Å². The van der Waals surface area contributed by atoms with E-state index < -0.39 is 6.04 Å². The molecular weight excluding hydrogens is 413 g/mol. The van der Waals surface area contributed by atoms with Gasteiger partial charge in [-0.05, 0) is 43.9 Å². The van der Waals surface area contributed by atoms with Gasteiger partial charge in [0.1, 0.15) is 6.04 Å². The zero-order chi connectivity index (χ0) is 20.8.